The van der Waals surface area contributed by atoms with Crippen LogP contribution in [0.15, 0.2) is 41.0 Å². The van der Waals surface area contributed by atoms with Gasteiger partial charge in [0.1, 0.15) is 5.69 Å². The Labute approximate surface area is 155 Å². The molecule has 0 aliphatic rings. The number of aryl methyl sites for hydroxylation is 2. The molecule has 0 saturated heterocycles. The molecular formula is C19H21BrN4O. The summed E-state index contributed by atoms with van der Waals surface area (Å²) in [6.45, 7) is 4.00. The van der Waals surface area contributed by atoms with Crippen molar-refractivity contribution in [3.05, 3.63) is 58.0 Å². The van der Waals surface area contributed by atoms with E-state index in [9.17, 15) is 4.79 Å². The van der Waals surface area contributed by atoms with Crippen molar-refractivity contribution in [3.8, 4) is 0 Å². The molecule has 0 unspecified atom stereocenters. The number of hydrogen-bond donors (Lipinski definition) is 1. The minimum Gasteiger partial charge on any atom is -0.378 e. The number of nitrogens with one attached hydrogen (secondary N) is 1. The molecule has 6 heteroatoms. The lowest BCUT2D eigenvalue weighted by Gasteiger charge is -2.13. The second-order valence-electron chi connectivity index (χ2n) is 6.22. The van der Waals surface area contributed by atoms with Crippen molar-refractivity contribution in [3.63, 3.8) is 0 Å². The van der Waals surface area contributed by atoms with Crippen LogP contribution in [0.3, 0.4) is 0 Å². The lowest BCUT2D eigenvalue weighted by atomic mass is 10.2. The molecule has 3 rings (SSSR count). The molecule has 2 aromatic heterocycles. The van der Waals surface area contributed by atoms with Crippen molar-refractivity contribution in [2.75, 3.05) is 24.3 Å². The molecule has 130 valence electrons. The minimum absolute atomic E-state index is 0.153. The number of nitrogens with zero attached hydrogens (tertiary/aromatic N) is 3. The van der Waals surface area contributed by atoms with Crippen molar-refractivity contribution >= 4 is 38.9 Å². The number of anilines is 2. The molecule has 0 saturated carbocycles. The highest BCUT2D eigenvalue weighted by molar-refractivity contribution is 9.10. The van der Waals surface area contributed by atoms with Crippen LogP contribution in [0.25, 0.3) is 5.65 Å². The Hall–Kier alpha value is -2.34. The van der Waals surface area contributed by atoms with E-state index in [0.717, 1.165) is 32.8 Å². The molecule has 0 aliphatic heterocycles. The van der Waals surface area contributed by atoms with Gasteiger partial charge in [-0.05, 0) is 65.2 Å². The number of benzene rings is 1. The van der Waals surface area contributed by atoms with Gasteiger partial charge in [-0.2, -0.15) is 0 Å². The fourth-order valence-corrected chi connectivity index (χ4v) is 3.44. The normalized spacial score (nSPS) is 10.9. The zero-order valence-electron chi connectivity index (χ0n) is 14.8. The van der Waals surface area contributed by atoms with Crippen LogP contribution in [-0.2, 0) is 6.42 Å². The van der Waals surface area contributed by atoms with Crippen molar-refractivity contribution in [2.45, 2.75) is 20.3 Å². The molecule has 5 nitrogen and oxygen atoms in total. The van der Waals surface area contributed by atoms with Crippen LogP contribution in [0.1, 0.15) is 28.7 Å². The number of amides is 1. The molecule has 0 radical (unpaired) electrons. The molecule has 1 N–H and O–H groups in total. The highest BCUT2D eigenvalue weighted by Gasteiger charge is 2.20. The summed E-state index contributed by atoms with van der Waals surface area (Å²) in [6, 6.07) is 9.77. The average molecular weight is 401 g/mol. The van der Waals surface area contributed by atoms with E-state index in [1.807, 2.05) is 73.8 Å². The molecule has 0 atom stereocenters. The van der Waals surface area contributed by atoms with Gasteiger partial charge in [0, 0.05) is 31.7 Å². The molecule has 25 heavy (non-hydrogen) atoms. The summed E-state index contributed by atoms with van der Waals surface area (Å²) < 4.78 is 2.75. The van der Waals surface area contributed by atoms with Crippen molar-refractivity contribution < 1.29 is 4.79 Å². The Morgan fingerprint density at radius 2 is 1.96 bits per heavy atom. The summed E-state index contributed by atoms with van der Waals surface area (Å²) in [7, 11) is 3.97. The second-order valence-corrected chi connectivity index (χ2v) is 7.07. The molecule has 1 aromatic carbocycles. The SMILES string of the molecule is CCc1nc2c(Br)cc(C)cn2c1C(=O)Nc1ccc(N(C)C)cc1. The maximum atomic E-state index is 12.9. The number of imidazole rings is 1. The van der Waals surface area contributed by atoms with E-state index in [-0.39, 0.29) is 5.91 Å². The van der Waals surface area contributed by atoms with Crippen molar-refractivity contribution in [1.82, 2.24) is 9.38 Å². The predicted octanol–water partition coefficient (Wildman–Crippen LogP) is 4.29. The van der Waals surface area contributed by atoms with E-state index >= 15 is 0 Å². The average Bonchev–Trinajstić information content (AvgIpc) is 2.94. The second kappa shape index (κ2) is 6.88. The number of aromatic nitrogens is 2. The van der Waals surface area contributed by atoms with Gasteiger partial charge in [0.25, 0.3) is 5.91 Å². The van der Waals surface area contributed by atoms with Gasteiger partial charge >= 0.3 is 0 Å². The Morgan fingerprint density at radius 3 is 2.56 bits per heavy atom. The highest BCUT2D eigenvalue weighted by Crippen LogP contribution is 2.24. The standard InChI is InChI=1S/C19H21BrN4O/c1-5-16-17(24-11-12(2)10-15(20)18(24)22-16)19(25)21-13-6-8-14(9-7-13)23(3)4/h6-11H,5H2,1-4H3,(H,21,25). The van der Waals surface area contributed by atoms with E-state index in [4.69, 9.17) is 0 Å². The number of pyridine rings is 1. The van der Waals surface area contributed by atoms with Gasteiger partial charge in [-0.15, -0.1) is 0 Å². The van der Waals surface area contributed by atoms with Crippen molar-refractivity contribution in [1.29, 1.82) is 0 Å². The molecule has 0 fully saturated rings. The summed E-state index contributed by atoms with van der Waals surface area (Å²) >= 11 is 3.54. The quantitative estimate of drug-likeness (QED) is 0.710. The molecule has 0 aliphatic carbocycles. The lowest BCUT2D eigenvalue weighted by molar-refractivity contribution is 0.102. The van der Waals surface area contributed by atoms with Crippen LogP contribution in [-0.4, -0.2) is 29.4 Å². The Bertz CT molecular complexity index is 929. The van der Waals surface area contributed by atoms with E-state index in [1.54, 1.807) is 0 Å². The topological polar surface area (TPSA) is 49.6 Å². The largest absolute Gasteiger partial charge is 0.378 e. The van der Waals surface area contributed by atoms with Gasteiger partial charge in [-0.3, -0.25) is 9.20 Å². The third kappa shape index (κ3) is 3.39. The van der Waals surface area contributed by atoms with Crippen LogP contribution in [0, 0.1) is 6.92 Å². The van der Waals surface area contributed by atoms with Crippen LogP contribution in [0.2, 0.25) is 0 Å². The fourth-order valence-electron chi connectivity index (χ4n) is 2.80. The Morgan fingerprint density at radius 1 is 1.28 bits per heavy atom. The van der Waals surface area contributed by atoms with Gasteiger partial charge < -0.3 is 10.2 Å². The van der Waals surface area contributed by atoms with Crippen LogP contribution in [0.5, 0.6) is 0 Å². The molecule has 0 spiro atoms. The molecule has 3 aromatic rings. The van der Waals surface area contributed by atoms with Gasteiger partial charge in [-0.25, -0.2) is 4.98 Å². The highest BCUT2D eigenvalue weighted by atomic mass is 79.9. The van der Waals surface area contributed by atoms with E-state index in [0.29, 0.717) is 12.1 Å². The third-order valence-corrected chi connectivity index (χ3v) is 4.66. The number of carbonyl (C=O) groups is 1. The zero-order valence-corrected chi connectivity index (χ0v) is 16.4. The number of rotatable bonds is 4. The van der Waals surface area contributed by atoms with Gasteiger partial charge in [-0.1, -0.05) is 6.92 Å². The zero-order chi connectivity index (χ0) is 18.1. The smallest absolute Gasteiger partial charge is 0.274 e. The first kappa shape index (κ1) is 17.5. The first-order chi connectivity index (χ1) is 11.9. The first-order valence-electron chi connectivity index (χ1n) is 8.16. The molecule has 2 heterocycles. The van der Waals surface area contributed by atoms with E-state index < -0.39 is 0 Å². The number of halogens is 1. The summed E-state index contributed by atoms with van der Waals surface area (Å²) in [6.07, 6.45) is 2.63. The summed E-state index contributed by atoms with van der Waals surface area (Å²) in [5.41, 5.74) is 5.03. The predicted molar refractivity (Wildman–Crippen MR) is 106 cm³/mol. The summed E-state index contributed by atoms with van der Waals surface area (Å²) in [4.78, 5) is 19.6. The summed E-state index contributed by atoms with van der Waals surface area (Å²) in [5, 5.41) is 2.98. The van der Waals surface area contributed by atoms with Crippen LogP contribution < -0.4 is 10.2 Å². The van der Waals surface area contributed by atoms with Crippen LogP contribution in [0.4, 0.5) is 11.4 Å². The number of hydrogen-bond acceptors (Lipinski definition) is 3. The molecule has 1 amide bonds. The van der Waals surface area contributed by atoms with Crippen molar-refractivity contribution in [2.24, 2.45) is 0 Å². The molecule has 0 bridgehead atoms. The van der Waals surface area contributed by atoms with Gasteiger partial charge in [0.2, 0.25) is 0 Å². The maximum absolute atomic E-state index is 12.9. The Balaban J connectivity index is 1.99. The first-order valence-corrected chi connectivity index (χ1v) is 8.95. The Kier molecular flexibility index (Phi) is 4.81. The fraction of sp³-hybridized carbons (Fsp3) is 0.263. The minimum atomic E-state index is -0.153. The van der Waals surface area contributed by atoms with Crippen LogP contribution >= 0.6 is 15.9 Å². The van der Waals surface area contributed by atoms with E-state index in [2.05, 4.69) is 26.2 Å². The van der Waals surface area contributed by atoms with Gasteiger partial charge in [0.05, 0.1) is 10.2 Å². The third-order valence-electron chi connectivity index (χ3n) is 4.08. The van der Waals surface area contributed by atoms with Gasteiger partial charge in [0.15, 0.2) is 5.65 Å². The molecular weight excluding hydrogens is 380 g/mol. The number of carbonyl (C=O) groups excluding carboxylic acids is 1. The lowest BCUT2D eigenvalue weighted by Crippen LogP contribution is -2.16. The number of fused-ring (bicyclic) bond motifs is 1. The van der Waals surface area contributed by atoms with E-state index in [1.165, 1.54) is 0 Å². The summed E-state index contributed by atoms with van der Waals surface area (Å²) in [5.74, 6) is -0.153. The monoisotopic (exact) mass is 400 g/mol. The maximum Gasteiger partial charge on any atom is 0.274 e.